The predicted octanol–water partition coefficient (Wildman–Crippen LogP) is 2.86. The molecule has 2 aromatic heterocycles. The van der Waals surface area contributed by atoms with E-state index >= 15 is 0 Å². The lowest BCUT2D eigenvalue weighted by Crippen LogP contribution is -2.28. The third kappa shape index (κ3) is 4.71. The fraction of sp³-hybridized carbons (Fsp3) is 0.435. The summed E-state index contributed by atoms with van der Waals surface area (Å²) in [4.78, 5) is 30.2. The standard InChI is InChI=1S/C23H28N6O3/c1-15-25-20(32-27-15)9-10-21(30)29-12-11-17(14-29)22-19(13-24-23(26-22)28(2)3)16-5-7-18(31-4)8-6-16/h5-8,13,17H,9-12,14H2,1-4H3/t17-/m0/s1. The monoisotopic (exact) mass is 436 g/mol. The Morgan fingerprint density at radius 2 is 2.03 bits per heavy atom. The number of ether oxygens (including phenoxy) is 1. The second kappa shape index (κ2) is 9.33. The third-order valence-corrected chi connectivity index (χ3v) is 5.66. The SMILES string of the molecule is COc1ccc(-c2cnc(N(C)C)nc2[C@H]2CCN(C(=O)CCc3nc(C)no3)C2)cc1. The van der Waals surface area contributed by atoms with Crippen LogP contribution in [0.2, 0.25) is 0 Å². The molecule has 1 amide bonds. The van der Waals surface area contributed by atoms with E-state index in [0.29, 0.717) is 43.6 Å². The van der Waals surface area contributed by atoms with E-state index in [0.717, 1.165) is 29.0 Å². The maximum Gasteiger partial charge on any atom is 0.227 e. The van der Waals surface area contributed by atoms with Crippen molar-refractivity contribution in [3.05, 3.63) is 47.9 Å². The van der Waals surface area contributed by atoms with Crippen molar-refractivity contribution in [2.75, 3.05) is 39.2 Å². The number of amides is 1. The van der Waals surface area contributed by atoms with Gasteiger partial charge in [0.2, 0.25) is 17.7 Å². The van der Waals surface area contributed by atoms with E-state index in [1.807, 2.05) is 54.4 Å². The van der Waals surface area contributed by atoms with Gasteiger partial charge in [-0.2, -0.15) is 4.98 Å². The number of rotatable bonds is 7. The lowest BCUT2D eigenvalue weighted by Gasteiger charge is -2.19. The second-order valence-corrected chi connectivity index (χ2v) is 8.15. The molecule has 9 heteroatoms. The van der Waals surface area contributed by atoms with E-state index in [1.54, 1.807) is 14.0 Å². The van der Waals surface area contributed by atoms with Gasteiger partial charge >= 0.3 is 0 Å². The molecule has 0 aliphatic carbocycles. The number of likely N-dealkylation sites (tertiary alicyclic amines) is 1. The van der Waals surface area contributed by atoms with Gasteiger partial charge in [-0.25, -0.2) is 9.97 Å². The Hall–Kier alpha value is -3.49. The van der Waals surface area contributed by atoms with Crippen LogP contribution in [0.15, 0.2) is 35.0 Å². The summed E-state index contributed by atoms with van der Waals surface area (Å²) in [5.74, 6) is 2.78. The smallest absolute Gasteiger partial charge is 0.227 e. The summed E-state index contributed by atoms with van der Waals surface area (Å²) in [7, 11) is 5.50. The van der Waals surface area contributed by atoms with Crippen LogP contribution in [0.1, 0.15) is 36.2 Å². The van der Waals surface area contributed by atoms with Gasteiger partial charge in [0.15, 0.2) is 5.82 Å². The fourth-order valence-corrected chi connectivity index (χ4v) is 3.93. The van der Waals surface area contributed by atoms with Crippen LogP contribution in [0.25, 0.3) is 11.1 Å². The maximum atomic E-state index is 12.8. The van der Waals surface area contributed by atoms with E-state index in [9.17, 15) is 4.79 Å². The molecule has 1 aliphatic rings. The summed E-state index contributed by atoms with van der Waals surface area (Å²) in [5, 5.41) is 3.78. The van der Waals surface area contributed by atoms with Crippen molar-refractivity contribution in [3.63, 3.8) is 0 Å². The topological polar surface area (TPSA) is 97.5 Å². The highest BCUT2D eigenvalue weighted by Crippen LogP contribution is 2.35. The first-order valence-electron chi connectivity index (χ1n) is 10.7. The summed E-state index contributed by atoms with van der Waals surface area (Å²) in [6.07, 6.45) is 3.54. The van der Waals surface area contributed by atoms with Gasteiger partial charge in [0.05, 0.1) is 12.8 Å². The van der Waals surface area contributed by atoms with Crippen LogP contribution >= 0.6 is 0 Å². The molecule has 3 heterocycles. The summed E-state index contributed by atoms with van der Waals surface area (Å²) in [6.45, 7) is 3.11. The first-order chi connectivity index (χ1) is 15.4. The van der Waals surface area contributed by atoms with E-state index in [4.69, 9.17) is 14.2 Å². The number of nitrogens with zero attached hydrogens (tertiary/aromatic N) is 6. The number of anilines is 1. The number of carbonyl (C=O) groups excluding carboxylic acids is 1. The Balaban J connectivity index is 1.52. The molecule has 4 rings (SSSR count). The largest absolute Gasteiger partial charge is 0.497 e. The van der Waals surface area contributed by atoms with Crippen molar-refractivity contribution < 1.29 is 14.1 Å². The van der Waals surface area contributed by atoms with Gasteiger partial charge < -0.3 is 19.1 Å². The van der Waals surface area contributed by atoms with Crippen LogP contribution in [0.3, 0.4) is 0 Å². The van der Waals surface area contributed by atoms with Gasteiger partial charge in [-0.3, -0.25) is 4.79 Å². The quantitative estimate of drug-likeness (QED) is 0.558. The zero-order valence-corrected chi connectivity index (χ0v) is 18.9. The molecule has 1 fully saturated rings. The molecule has 1 atom stereocenters. The minimum Gasteiger partial charge on any atom is -0.497 e. The second-order valence-electron chi connectivity index (χ2n) is 8.15. The Labute approximate surface area is 187 Å². The van der Waals surface area contributed by atoms with Crippen LogP contribution in [-0.4, -0.2) is 65.2 Å². The molecule has 0 unspecified atom stereocenters. The zero-order chi connectivity index (χ0) is 22.7. The van der Waals surface area contributed by atoms with Crippen LogP contribution in [0, 0.1) is 6.92 Å². The fourth-order valence-electron chi connectivity index (χ4n) is 3.93. The molecular weight excluding hydrogens is 408 g/mol. The lowest BCUT2D eigenvalue weighted by atomic mass is 9.96. The Morgan fingerprint density at radius 3 is 2.69 bits per heavy atom. The molecule has 1 aromatic carbocycles. The first-order valence-corrected chi connectivity index (χ1v) is 10.7. The zero-order valence-electron chi connectivity index (χ0n) is 18.9. The number of methoxy groups -OCH3 is 1. The molecule has 168 valence electrons. The van der Waals surface area contributed by atoms with Crippen molar-refractivity contribution in [3.8, 4) is 16.9 Å². The molecular formula is C23H28N6O3. The normalized spacial score (nSPS) is 15.8. The molecule has 1 aliphatic heterocycles. The Bertz CT molecular complexity index is 1080. The van der Waals surface area contributed by atoms with E-state index in [1.165, 1.54) is 0 Å². The minimum absolute atomic E-state index is 0.0937. The Kier molecular flexibility index (Phi) is 6.34. The molecule has 0 bridgehead atoms. The van der Waals surface area contributed by atoms with Crippen molar-refractivity contribution in [1.29, 1.82) is 0 Å². The average molecular weight is 437 g/mol. The van der Waals surface area contributed by atoms with Crippen LogP contribution < -0.4 is 9.64 Å². The van der Waals surface area contributed by atoms with Gasteiger partial charge in [0.1, 0.15) is 5.75 Å². The molecule has 9 nitrogen and oxygen atoms in total. The summed E-state index contributed by atoms with van der Waals surface area (Å²) in [5.41, 5.74) is 2.98. The highest BCUT2D eigenvalue weighted by molar-refractivity contribution is 5.77. The van der Waals surface area contributed by atoms with Crippen LogP contribution in [-0.2, 0) is 11.2 Å². The number of hydrogen-bond donors (Lipinski definition) is 0. The third-order valence-electron chi connectivity index (χ3n) is 5.66. The van der Waals surface area contributed by atoms with E-state index in [2.05, 4.69) is 15.1 Å². The van der Waals surface area contributed by atoms with Crippen molar-refractivity contribution in [1.82, 2.24) is 25.0 Å². The Morgan fingerprint density at radius 1 is 1.25 bits per heavy atom. The lowest BCUT2D eigenvalue weighted by molar-refractivity contribution is -0.130. The molecule has 0 saturated carbocycles. The highest BCUT2D eigenvalue weighted by atomic mass is 16.5. The molecule has 0 spiro atoms. The first kappa shape index (κ1) is 21.7. The predicted molar refractivity (Wildman–Crippen MR) is 120 cm³/mol. The number of aromatic nitrogens is 4. The van der Waals surface area contributed by atoms with Gasteiger partial charge in [-0.15, -0.1) is 0 Å². The maximum absolute atomic E-state index is 12.8. The van der Waals surface area contributed by atoms with Gasteiger partial charge in [0, 0.05) is 57.7 Å². The number of hydrogen-bond acceptors (Lipinski definition) is 8. The average Bonchev–Trinajstić information content (AvgIpc) is 3.46. The van der Waals surface area contributed by atoms with Crippen molar-refractivity contribution in [2.45, 2.75) is 32.1 Å². The summed E-state index contributed by atoms with van der Waals surface area (Å²) >= 11 is 0. The number of aryl methyl sites for hydroxylation is 2. The molecule has 32 heavy (non-hydrogen) atoms. The number of benzene rings is 1. The van der Waals surface area contributed by atoms with E-state index in [-0.39, 0.29) is 11.8 Å². The molecule has 1 saturated heterocycles. The van der Waals surface area contributed by atoms with Crippen LogP contribution in [0.5, 0.6) is 5.75 Å². The van der Waals surface area contributed by atoms with Crippen molar-refractivity contribution >= 4 is 11.9 Å². The van der Waals surface area contributed by atoms with Crippen molar-refractivity contribution in [2.24, 2.45) is 0 Å². The molecule has 0 N–H and O–H groups in total. The van der Waals surface area contributed by atoms with Gasteiger partial charge in [0.25, 0.3) is 0 Å². The van der Waals surface area contributed by atoms with Crippen LogP contribution in [0.4, 0.5) is 5.95 Å². The molecule has 3 aromatic rings. The summed E-state index contributed by atoms with van der Waals surface area (Å²) < 4.78 is 10.4. The molecule has 0 radical (unpaired) electrons. The summed E-state index contributed by atoms with van der Waals surface area (Å²) in [6, 6.07) is 7.90. The minimum atomic E-state index is 0.0937. The highest BCUT2D eigenvalue weighted by Gasteiger charge is 2.30. The van der Waals surface area contributed by atoms with Gasteiger partial charge in [-0.1, -0.05) is 17.3 Å². The van der Waals surface area contributed by atoms with Gasteiger partial charge in [-0.05, 0) is 31.0 Å². The number of carbonyl (C=O) groups is 1. The van der Waals surface area contributed by atoms with E-state index < -0.39 is 0 Å².